The van der Waals surface area contributed by atoms with Gasteiger partial charge in [0.25, 0.3) is 11.8 Å². The Bertz CT molecular complexity index is 795. The number of carbonyl (C=O) groups is 2. The molecular formula is C17H23N3O5S. The van der Waals surface area contributed by atoms with Crippen molar-refractivity contribution in [2.45, 2.75) is 19.0 Å². The molecule has 0 unspecified atom stereocenters. The highest BCUT2D eigenvalue weighted by Gasteiger charge is 2.44. The van der Waals surface area contributed by atoms with Crippen LogP contribution in [0.1, 0.15) is 17.3 Å². The van der Waals surface area contributed by atoms with Crippen LogP contribution in [-0.2, 0) is 14.6 Å². The topological polar surface area (TPSA) is 105 Å². The number of benzene rings is 1. The van der Waals surface area contributed by atoms with E-state index in [1.54, 1.807) is 29.2 Å². The van der Waals surface area contributed by atoms with Gasteiger partial charge in [0.1, 0.15) is 5.75 Å². The molecule has 8 nitrogen and oxygen atoms in total. The van der Waals surface area contributed by atoms with Crippen LogP contribution >= 0.6 is 0 Å². The Morgan fingerprint density at radius 1 is 1.31 bits per heavy atom. The lowest BCUT2D eigenvalue weighted by atomic mass is 10.1. The lowest BCUT2D eigenvalue weighted by Crippen LogP contribution is -2.59. The van der Waals surface area contributed by atoms with Gasteiger partial charge in [0.15, 0.2) is 16.4 Å². The minimum Gasteiger partial charge on any atom is -0.483 e. The number of carbonyl (C=O) groups excluding carboxylic acids is 2. The first-order valence-electron chi connectivity index (χ1n) is 8.64. The zero-order chi connectivity index (χ0) is 18.7. The summed E-state index contributed by atoms with van der Waals surface area (Å²) in [6.07, 6.45) is 0. The number of amides is 2. The molecule has 1 aromatic carbocycles. The van der Waals surface area contributed by atoms with Crippen LogP contribution in [-0.4, -0.2) is 75.0 Å². The van der Waals surface area contributed by atoms with Crippen molar-refractivity contribution in [2.75, 3.05) is 37.7 Å². The summed E-state index contributed by atoms with van der Waals surface area (Å²) < 4.78 is 29.3. The van der Waals surface area contributed by atoms with Gasteiger partial charge in [0, 0.05) is 25.7 Å². The van der Waals surface area contributed by atoms with Crippen LogP contribution in [0.5, 0.6) is 5.75 Å². The standard InChI is InChI=1S/C17H23N3O5S/c1-2-18-17(22)12-5-3-4-6-15(12)25-9-16(21)20-8-7-19-13-10-26(23,24)11-14(13)20/h3-6,13-14,19H,2,7-11H2,1H3,(H,18,22)/t13-,14+/m1/s1. The molecule has 0 aliphatic carbocycles. The number of hydrogen-bond donors (Lipinski definition) is 2. The molecule has 0 saturated carbocycles. The van der Waals surface area contributed by atoms with Gasteiger partial charge in [-0.3, -0.25) is 9.59 Å². The molecule has 2 fully saturated rings. The molecule has 0 bridgehead atoms. The van der Waals surface area contributed by atoms with Gasteiger partial charge in [-0.25, -0.2) is 8.42 Å². The summed E-state index contributed by atoms with van der Waals surface area (Å²) >= 11 is 0. The van der Waals surface area contributed by atoms with Crippen molar-refractivity contribution in [3.8, 4) is 5.75 Å². The fourth-order valence-corrected chi connectivity index (χ4v) is 5.39. The molecule has 0 spiro atoms. The average Bonchev–Trinajstić information content (AvgIpc) is 2.93. The van der Waals surface area contributed by atoms with Crippen molar-refractivity contribution in [3.05, 3.63) is 29.8 Å². The summed E-state index contributed by atoms with van der Waals surface area (Å²) in [5.41, 5.74) is 0.365. The van der Waals surface area contributed by atoms with E-state index >= 15 is 0 Å². The third-order valence-corrected chi connectivity index (χ3v) is 6.34. The number of nitrogens with one attached hydrogen (secondary N) is 2. The zero-order valence-electron chi connectivity index (χ0n) is 14.6. The van der Waals surface area contributed by atoms with Gasteiger partial charge in [-0.2, -0.15) is 0 Å². The SMILES string of the molecule is CCNC(=O)c1ccccc1OCC(=O)N1CCN[C@@H]2CS(=O)(=O)C[C@@H]21. The molecule has 2 heterocycles. The lowest BCUT2D eigenvalue weighted by Gasteiger charge is -2.37. The van der Waals surface area contributed by atoms with Gasteiger partial charge in [0.05, 0.1) is 23.1 Å². The zero-order valence-corrected chi connectivity index (χ0v) is 15.4. The monoisotopic (exact) mass is 381 g/mol. The molecule has 2 amide bonds. The molecule has 2 atom stereocenters. The van der Waals surface area contributed by atoms with Crippen LogP contribution in [0, 0.1) is 0 Å². The maximum atomic E-state index is 12.6. The van der Waals surface area contributed by atoms with E-state index in [1.807, 2.05) is 6.92 Å². The lowest BCUT2D eigenvalue weighted by molar-refractivity contribution is -0.136. The van der Waals surface area contributed by atoms with Gasteiger partial charge in [-0.15, -0.1) is 0 Å². The number of nitrogens with zero attached hydrogens (tertiary/aromatic N) is 1. The Hall–Kier alpha value is -2.13. The summed E-state index contributed by atoms with van der Waals surface area (Å²) in [6.45, 7) is 3.07. The van der Waals surface area contributed by atoms with E-state index in [9.17, 15) is 18.0 Å². The number of hydrogen-bond acceptors (Lipinski definition) is 6. The van der Waals surface area contributed by atoms with E-state index in [2.05, 4.69) is 10.6 Å². The summed E-state index contributed by atoms with van der Waals surface area (Å²) in [5, 5.41) is 5.87. The first kappa shape index (κ1) is 18.7. The Morgan fingerprint density at radius 3 is 2.85 bits per heavy atom. The first-order chi connectivity index (χ1) is 12.4. The number of rotatable bonds is 5. The van der Waals surface area contributed by atoms with Gasteiger partial charge in [0.2, 0.25) is 0 Å². The van der Waals surface area contributed by atoms with E-state index in [1.165, 1.54) is 0 Å². The van der Waals surface area contributed by atoms with Gasteiger partial charge in [-0.05, 0) is 19.1 Å². The summed E-state index contributed by atoms with van der Waals surface area (Å²) in [5.74, 6) is -0.171. The minimum atomic E-state index is -3.14. The van der Waals surface area contributed by atoms with E-state index in [0.29, 0.717) is 30.9 Å². The fraction of sp³-hybridized carbons (Fsp3) is 0.529. The van der Waals surface area contributed by atoms with E-state index in [-0.39, 0.29) is 42.0 Å². The summed E-state index contributed by atoms with van der Waals surface area (Å²) in [4.78, 5) is 26.3. The first-order valence-corrected chi connectivity index (χ1v) is 10.5. The second-order valence-corrected chi connectivity index (χ2v) is 8.59. The fourth-order valence-electron chi connectivity index (χ4n) is 3.44. The van der Waals surface area contributed by atoms with Crippen LogP contribution < -0.4 is 15.4 Å². The average molecular weight is 381 g/mol. The number of sulfone groups is 1. The molecule has 3 rings (SSSR count). The highest BCUT2D eigenvalue weighted by atomic mass is 32.2. The highest BCUT2D eigenvalue weighted by molar-refractivity contribution is 7.91. The molecule has 1 aromatic rings. The van der Waals surface area contributed by atoms with Gasteiger partial charge >= 0.3 is 0 Å². The molecule has 26 heavy (non-hydrogen) atoms. The Labute approximate surface area is 152 Å². The maximum absolute atomic E-state index is 12.6. The number of piperazine rings is 1. The highest BCUT2D eigenvalue weighted by Crippen LogP contribution is 2.22. The van der Waals surface area contributed by atoms with Crippen molar-refractivity contribution in [1.29, 1.82) is 0 Å². The third-order valence-electron chi connectivity index (χ3n) is 4.62. The van der Waals surface area contributed by atoms with Crippen LogP contribution in [0.3, 0.4) is 0 Å². The number of ether oxygens (including phenoxy) is 1. The normalized spacial score (nSPS) is 24.0. The summed E-state index contributed by atoms with van der Waals surface area (Å²) in [6, 6.07) is 6.15. The quantitative estimate of drug-likeness (QED) is 0.707. The predicted octanol–water partition coefficient (Wildman–Crippen LogP) is -0.587. The molecular weight excluding hydrogens is 358 g/mol. The molecule has 0 radical (unpaired) electrons. The second-order valence-electron chi connectivity index (χ2n) is 6.44. The predicted molar refractivity (Wildman–Crippen MR) is 95.9 cm³/mol. The summed E-state index contributed by atoms with van der Waals surface area (Å²) in [7, 11) is -3.14. The Kier molecular flexibility index (Phi) is 5.47. The Morgan fingerprint density at radius 2 is 2.08 bits per heavy atom. The van der Waals surface area contributed by atoms with Crippen molar-refractivity contribution in [3.63, 3.8) is 0 Å². The van der Waals surface area contributed by atoms with Crippen LogP contribution in [0.15, 0.2) is 24.3 Å². The number of fused-ring (bicyclic) bond motifs is 1. The number of para-hydroxylation sites is 1. The van der Waals surface area contributed by atoms with E-state index < -0.39 is 9.84 Å². The molecule has 2 aliphatic rings. The molecule has 142 valence electrons. The van der Waals surface area contributed by atoms with Crippen molar-refractivity contribution in [1.82, 2.24) is 15.5 Å². The van der Waals surface area contributed by atoms with Crippen LogP contribution in [0.4, 0.5) is 0 Å². The van der Waals surface area contributed by atoms with Crippen molar-refractivity contribution >= 4 is 21.7 Å². The van der Waals surface area contributed by atoms with Crippen LogP contribution in [0.25, 0.3) is 0 Å². The smallest absolute Gasteiger partial charge is 0.260 e. The second kappa shape index (κ2) is 7.63. The van der Waals surface area contributed by atoms with E-state index in [4.69, 9.17) is 4.74 Å². The van der Waals surface area contributed by atoms with E-state index in [0.717, 1.165) is 0 Å². The minimum absolute atomic E-state index is 0.0219. The molecule has 2 aliphatic heterocycles. The molecule has 0 aromatic heterocycles. The largest absolute Gasteiger partial charge is 0.483 e. The van der Waals surface area contributed by atoms with Crippen molar-refractivity contribution < 1.29 is 22.7 Å². The third kappa shape index (κ3) is 3.99. The van der Waals surface area contributed by atoms with Gasteiger partial charge < -0.3 is 20.3 Å². The van der Waals surface area contributed by atoms with Crippen molar-refractivity contribution in [2.24, 2.45) is 0 Å². The molecule has 2 N–H and O–H groups in total. The van der Waals surface area contributed by atoms with Gasteiger partial charge in [-0.1, -0.05) is 12.1 Å². The Balaban J connectivity index is 1.67. The molecule has 9 heteroatoms. The maximum Gasteiger partial charge on any atom is 0.260 e. The molecule has 2 saturated heterocycles. The van der Waals surface area contributed by atoms with Crippen LogP contribution in [0.2, 0.25) is 0 Å².